The minimum Gasteiger partial charge on any atom is -0.497 e. The van der Waals surface area contributed by atoms with Gasteiger partial charge in [0.2, 0.25) is 0 Å². The lowest BCUT2D eigenvalue weighted by Crippen LogP contribution is -2.44. The second kappa shape index (κ2) is 7.94. The van der Waals surface area contributed by atoms with Gasteiger partial charge in [-0.1, -0.05) is 48.9 Å². The Labute approximate surface area is 156 Å². The maximum atomic E-state index is 12.7. The van der Waals surface area contributed by atoms with Crippen LogP contribution >= 0.6 is 0 Å². The first-order valence-corrected chi connectivity index (χ1v) is 9.35. The molecule has 0 radical (unpaired) electrons. The Morgan fingerprint density at radius 3 is 2.38 bits per heavy atom. The van der Waals surface area contributed by atoms with Gasteiger partial charge in [-0.2, -0.15) is 0 Å². The standard InChI is InChI=1S/C23H28O3/c1-23(22(24)26-3)15-7-10-20(18-11-13-19(25-2)14-12-18)21(23)16-17-8-5-4-6-9-17/h4-6,8-9,11-14,20-21H,7,10,15-16H2,1-3H3/t20-,21+,23+/m1/s1. The second-order valence-corrected chi connectivity index (χ2v) is 7.48. The van der Waals surface area contributed by atoms with E-state index in [4.69, 9.17) is 9.47 Å². The molecule has 138 valence electrons. The number of carbonyl (C=O) groups excluding carboxylic acids is 1. The van der Waals surface area contributed by atoms with E-state index in [9.17, 15) is 4.79 Å². The SMILES string of the molecule is COC(=O)[C@@]1(C)CCC[C@H](c2ccc(OC)cc2)[C@@H]1Cc1ccccc1. The van der Waals surface area contributed by atoms with Crippen molar-refractivity contribution >= 4 is 5.97 Å². The van der Waals surface area contributed by atoms with Crippen molar-refractivity contribution in [3.05, 3.63) is 65.7 Å². The van der Waals surface area contributed by atoms with Gasteiger partial charge in [-0.3, -0.25) is 4.79 Å². The van der Waals surface area contributed by atoms with E-state index in [0.717, 1.165) is 31.4 Å². The number of methoxy groups -OCH3 is 2. The Balaban J connectivity index is 1.98. The Morgan fingerprint density at radius 1 is 1.08 bits per heavy atom. The maximum absolute atomic E-state index is 12.7. The van der Waals surface area contributed by atoms with Crippen LogP contribution in [0.5, 0.6) is 5.75 Å². The van der Waals surface area contributed by atoms with E-state index >= 15 is 0 Å². The summed E-state index contributed by atoms with van der Waals surface area (Å²) in [7, 11) is 3.19. The van der Waals surface area contributed by atoms with Crippen LogP contribution in [0.1, 0.15) is 43.2 Å². The zero-order valence-corrected chi connectivity index (χ0v) is 15.9. The van der Waals surface area contributed by atoms with Crippen LogP contribution in [0.15, 0.2) is 54.6 Å². The topological polar surface area (TPSA) is 35.5 Å². The molecular weight excluding hydrogens is 324 g/mol. The highest BCUT2D eigenvalue weighted by Crippen LogP contribution is 2.50. The first-order chi connectivity index (χ1) is 12.6. The summed E-state index contributed by atoms with van der Waals surface area (Å²) in [5.41, 5.74) is 2.09. The van der Waals surface area contributed by atoms with Gasteiger partial charge in [0.15, 0.2) is 0 Å². The van der Waals surface area contributed by atoms with E-state index in [2.05, 4.69) is 43.3 Å². The van der Waals surface area contributed by atoms with Gasteiger partial charge in [-0.15, -0.1) is 0 Å². The maximum Gasteiger partial charge on any atom is 0.311 e. The number of benzene rings is 2. The number of rotatable bonds is 5. The lowest BCUT2D eigenvalue weighted by Gasteiger charge is -2.44. The van der Waals surface area contributed by atoms with Crippen LogP contribution in [0.25, 0.3) is 0 Å². The van der Waals surface area contributed by atoms with Crippen molar-refractivity contribution in [3.63, 3.8) is 0 Å². The molecule has 26 heavy (non-hydrogen) atoms. The summed E-state index contributed by atoms with van der Waals surface area (Å²) in [4.78, 5) is 12.7. The highest BCUT2D eigenvalue weighted by atomic mass is 16.5. The summed E-state index contributed by atoms with van der Waals surface area (Å²) in [5, 5.41) is 0. The normalized spacial score (nSPS) is 25.5. The molecule has 0 saturated heterocycles. The van der Waals surface area contributed by atoms with Gasteiger partial charge < -0.3 is 9.47 Å². The number of carbonyl (C=O) groups is 1. The number of ether oxygens (including phenoxy) is 2. The third kappa shape index (κ3) is 3.62. The van der Waals surface area contributed by atoms with Crippen LogP contribution < -0.4 is 4.74 Å². The summed E-state index contributed by atoms with van der Waals surface area (Å²) in [6.07, 6.45) is 3.89. The third-order valence-corrected chi connectivity index (χ3v) is 6.01. The van der Waals surface area contributed by atoms with Crippen LogP contribution in [0.4, 0.5) is 0 Å². The third-order valence-electron chi connectivity index (χ3n) is 6.01. The zero-order valence-electron chi connectivity index (χ0n) is 15.9. The highest BCUT2D eigenvalue weighted by Gasteiger charge is 2.48. The Hall–Kier alpha value is -2.29. The zero-order chi connectivity index (χ0) is 18.6. The smallest absolute Gasteiger partial charge is 0.311 e. The molecule has 2 aromatic carbocycles. The van der Waals surface area contributed by atoms with Crippen molar-refractivity contribution in [1.82, 2.24) is 0 Å². The first kappa shape index (κ1) is 18.5. The molecule has 0 aromatic heterocycles. The molecule has 3 nitrogen and oxygen atoms in total. The van der Waals surface area contributed by atoms with Gasteiger partial charge in [0.05, 0.1) is 19.6 Å². The summed E-state index contributed by atoms with van der Waals surface area (Å²) < 4.78 is 10.5. The summed E-state index contributed by atoms with van der Waals surface area (Å²) in [5.74, 6) is 1.31. The monoisotopic (exact) mass is 352 g/mol. The van der Waals surface area contributed by atoms with Gasteiger partial charge in [0.1, 0.15) is 5.75 Å². The predicted octanol–water partition coefficient (Wildman–Crippen LogP) is 5.00. The van der Waals surface area contributed by atoms with Gasteiger partial charge in [0.25, 0.3) is 0 Å². The second-order valence-electron chi connectivity index (χ2n) is 7.48. The van der Waals surface area contributed by atoms with E-state index in [1.165, 1.54) is 18.2 Å². The number of hydrogen-bond acceptors (Lipinski definition) is 3. The van der Waals surface area contributed by atoms with E-state index < -0.39 is 5.41 Å². The molecule has 0 bridgehead atoms. The molecule has 0 amide bonds. The lowest BCUT2D eigenvalue weighted by atomic mass is 9.59. The van der Waals surface area contributed by atoms with Crippen LogP contribution in [0, 0.1) is 11.3 Å². The van der Waals surface area contributed by atoms with E-state index in [1.807, 2.05) is 18.2 Å². The average molecular weight is 352 g/mol. The molecule has 0 aliphatic heterocycles. The molecule has 1 saturated carbocycles. The molecule has 0 N–H and O–H groups in total. The molecule has 1 fully saturated rings. The fraction of sp³-hybridized carbons (Fsp3) is 0.435. The minimum absolute atomic E-state index is 0.0864. The van der Waals surface area contributed by atoms with Crippen LogP contribution in [-0.2, 0) is 16.0 Å². The quantitative estimate of drug-likeness (QED) is 0.710. The molecule has 3 rings (SSSR count). The lowest BCUT2D eigenvalue weighted by molar-refractivity contribution is -0.158. The predicted molar refractivity (Wildman–Crippen MR) is 103 cm³/mol. The van der Waals surface area contributed by atoms with E-state index in [1.54, 1.807) is 7.11 Å². The summed E-state index contributed by atoms with van der Waals surface area (Å²) in [6, 6.07) is 18.8. The molecule has 1 aliphatic carbocycles. The summed E-state index contributed by atoms with van der Waals surface area (Å²) >= 11 is 0. The first-order valence-electron chi connectivity index (χ1n) is 9.35. The molecular formula is C23H28O3. The Bertz CT molecular complexity index is 723. The highest BCUT2D eigenvalue weighted by molar-refractivity contribution is 5.77. The van der Waals surface area contributed by atoms with E-state index in [-0.39, 0.29) is 11.9 Å². The van der Waals surface area contributed by atoms with Crippen molar-refractivity contribution in [3.8, 4) is 5.75 Å². The van der Waals surface area contributed by atoms with Gasteiger partial charge in [-0.05, 0) is 61.3 Å². The summed E-state index contributed by atoms with van der Waals surface area (Å²) in [6.45, 7) is 2.09. The molecule has 0 spiro atoms. The molecule has 0 heterocycles. The molecule has 1 aliphatic rings. The van der Waals surface area contributed by atoms with Crippen molar-refractivity contribution in [2.75, 3.05) is 14.2 Å². The van der Waals surface area contributed by atoms with Crippen LogP contribution in [0.2, 0.25) is 0 Å². The fourth-order valence-electron chi connectivity index (χ4n) is 4.49. The van der Waals surface area contributed by atoms with Crippen LogP contribution in [0.3, 0.4) is 0 Å². The fourth-order valence-corrected chi connectivity index (χ4v) is 4.49. The number of esters is 1. The molecule has 2 aromatic rings. The van der Waals surface area contributed by atoms with Crippen molar-refractivity contribution in [2.24, 2.45) is 11.3 Å². The Kier molecular flexibility index (Phi) is 5.65. The van der Waals surface area contributed by atoms with Gasteiger partial charge >= 0.3 is 5.97 Å². The number of hydrogen-bond donors (Lipinski definition) is 0. The Morgan fingerprint density at radius 2 is 1.77 bits per heavy atom. The molecule has 3 atom stereocenters. The van der Waals surface area contributed by atoms with Gasteiger partial charge in [0, 0.05) is 0 Å². The minimum atomic E-state index is -0.465. The largest absolute Gasteiger partial charge is 0.497 e. The van der Waals surface area contributed by atoms with Crippen molar-refractivity contribution in [2.45, 2.75) is 38.5 Å². The average Bonchev–Trinajstić information content (AvgIpc) is 2.70. The van der Waals surface area contributed by atoms with Crippen molar-refractivity contribution < 1.29 is 14.3 Å². The molecule has 0 unspecified atom stereocenters. The van der Waals surface area contributed by atoms with Crippen molar-refractivity contribution in [1.29, 1.82) is 0 Å². The van der Waals surface area contributed by atoms with Crippen LogP contribution in [-0.4, -0.2) is 20.2 Å². The van der Waals surface area contributed by atoms with Gasteiger partial charge in [-0.25, -0.2) is 0 Å². The molecule has 3 heteroatoms. The van der Waals surface area contributed by atoms with E-state index in [0.29, 0.717) is 5.92 Å².